The van der Waals surface area contributed by atoms with Gasteiger partial charge in [-0.1, -0.05) is 75.2 Å². The third-order valence-electron chi connectivity index (χ3n) is 7.15. The van der Waals surface area contributed by atoms with Gasteiger partial charge >= 0.3 is 12.2 Å². The van der Waals surface area contributed by atoms with Gasteiger partial charge in [-0.3, -0.25) is 4.79 Å². The smallest absolute Gasteiger partial charge is 0.422 e. The molecule has 4 rings (SSSR count). The highest BCUT2D eigenvalue weighted by atomic mass is 35.5. The monoisotopic (exact) mass is 652 g/mol. The van der Waals surface area contributed by atoms with E-state index in [-0.39, 0.29) is 34.9 Å². The van der Waals surface area contributed by atoms with Crippen LogP contribution in [0, 0.1) is 5.41 Å². The van der Waals surface area contributed by atoms with Crippen molar-refractivity contribution < 1.29 is 31.1 Å². The van der Waals surface area contributed by atoms with Crippen LogP contribution in [0.4, 0.5) is 19.1 Å². The van der Waals surface area contributed by atoms with Crippen molar-refractivity contribution in [2.24, 2.45) is 5.41 Å². The lowest BCUT2D eigenvalue weighted by Gasteiger charge is -2.19. The first kappa shape index (κ1) is 33.6. The second-order valence-electron chi connectivity index (χ2n) is 12.4. The van der Waals surface area contributed by atoms with Crippen molar-refractivity contribution in [2.45, 2.75) is 71.0 Å². The van der Waals surface area contributed by atoms with Gasteiger partial charge in [-0.25, -0.2) is 8.42 Å². The van der Waals surface area contributed by atoms with Crippen molar-refractivity contribution in [2.75, 3.05) is 23.4 Å². The zero-order valence-electron chi connectivity index (χ0n) is 24.9. The number of aromatic nitrogens is 3. The molecule has 8 nitrogen and oxygen atoms in total. The van der Waals surface area contributed by atoms with Crippen LogP contribution in [0.25, 0.3) is 0 Å². The molecule has 0 aliphatic heterocycles. The average molecular weight is 653 g/mol. The fourth-order valence-electron chi connectivity index (χ4n) is 4.66. The third kappa shape index (κ3) is 10.4. The number of carbonyl (C=O) groups excluding carboxylic acids is 1. The van der Waals surface area contributed by atoms with Gasteiger partial charge in [0.15, 0.2) is 22.2 Å². The fraction of sp³-hybridized carbons (Fsp3) is 0.484. The van der Waals surface area contributed by atoms with E-state index < -0.39 is 45.7 Å². The maximum absolute atomic E-state index is 12.9. The SMILES string of the molecule is CC(C)(C)CCCCS(=O)(=O)CC(=O)c1ccc(Cc2nc(NC3(c4ccc(Cl)cc4)CC3)nc(OCC(F)(F)F)n2)cc1. The molecule has 0 saturated heterocycles. The summed E-state index contributed by atoms with van der Waals surface area (Å²) in [6, 6.07) is 13.1. The largest absolute Gasteiger partial charge is 0.454 e. The van der Waals surface area contributed by atoms with E-state index in [9.17, 15) is 26.4 Å². The van der Waals surface area contributed by atoms with Gasteiger partial charge in [0.1, 0.15) is 11.6 Å². The van der Waals surface area contributed by atoms with E-state index >= 15 is 0 Å². The number of carbonyl (C=O) groups is 1. The first-order valence-corrected chi connectivity index (χ1v) is 16.5. The zero-order chi connectivity index (χ0) is 32.2. The van der Waals surface area contributed by atoms with Crippen LogP contribution in [0.15, 0.2) is 48.5 Å². The highest BCUT2D eigenvalue weighted by Gasteiger charge is 2.45. The summed E-state index contributed by atoms with van der Waals surface area (Å²) in [5, 5.41) is 3.81. The molecule has 44 heavy (non-hydrogen) atoms. The molecule has 1 heterocycles. The number of unbranched alkanes of at least 4 members (excludes halogenated alkanes) is 1. The molecule has 13 heteroatoms. The molecule has 1 aromatic heterocycles. The molecular weight excluding hydrogens is 617 g/mol. The lowest BCUT2D eigenvalue weighted by atomic mass is 9.90. The zero-order valence-corrected chi connectivity index (χ0v) is 26.4. The topological polar surface area (TPSA) is 111 Å². The third-order valence-corrected chi connectivity index (χ3v) is 9.01. The normalized spacial score (nSPS) is 14.7. The van der Waals surface area contributed by atoms with Crippen molar-refractivity contribution in [3.05, 3.63) is 76.1 Å². The summed E-state index contributed by atoms with van der Waals surface area (Å²) in [6.07, 6.45) is -0.782. The minimum Gasteiger partial charge on any atom is -0.454 e. The number of sulfone groups is 1. The quantitative estimate of drug-likeness (QED) is 0.147. The van der Waals surface area contributed by atoms with Gasteiger partial charge in [0.05, 0.1) is 11.3 Å². The minimum absolute atomic E-state index is 0.0410. The number of Topliss-reactive ketones (excluding diaryl/α,β-unsaturated/α-hetero) is 1. The molecule has 0 unspecified atom stereocenters. The maximum atomic E-state index is 12.9. The molecule has 1 aliphatic carbocycles. The molecule has 1 N–H and O–H groups in total. The van der Waals surface area contributed by atoms with Crippen LogP contribution in [0.3, 0.4) is 0 Å². The van der Waals surface area contributed by atoms with E-state index in [2.05, 4.69) is 41.0 Å². The Bertz CT molecular complexity index is 1550. The van der Waals surface area contributed by atoms with Gasteiger partial charge in [-0.15, -0.1) is 0 Å². The Labute approximate surface area is 260 Å². The molecule has 0 radical (unpaired) electrons. The molecule has 2 aromatic carbocycles. The van der Waals surface area contributed by atoms with Crippen molar-refractivity contribution in [1.82, 2.24) is 15.0 Å². The minimum atomic E-state index is -4.58. The van der Waals surface area contributed by atoms with E-state index in [1.807, 2.05) is 12.1 Å². The molecule has 238 valence electrons. The number of nitrogens with zero attached hydrogens (tertiary/aromatic N) is 3. The Morgan fingerprint density at radius 1 is 0.977 bits per heavy atom. The summed E-state index contributed by atoms with van der Waals surface area (Å²) < 4.78 is 68.4. The molecule has 1 saturated carbocycles. The first-order chi connectivity index (χ1) is 20.5. The number of nitrogens with one attached hydrogen (secondary N) is 1. The Balaban J connectivity index is 1.44. The molecule has 1 aliphatic rings. The summed E-state index contributed by atoms with van der Waals surface area (Å²) in [4.78, 5) is 25.3. The van der Waals surface area contributed by atoms with E-state index in [0.717, 1.165) is 31.2 Å². The number of rotatable bonds is 14. The Morgan fingerprint density at radius 2 is 1.64 bits per heavy atom. The van der Waals surface area contributed by atoms with Gasteiger partial charge in [-0.2, -0.15) is 28.1 Å². The summed E-state index contributed by atoms with van der Waals surface area (Å²) in [5.41, 5.74) is 1.48. The Kier molecular flexibility index (Phi) is 10.2. The highest BCUT2D eigenvalue weighted by molar-refractivity contribution is 7.92. The molecule has 0 spiro atoms. The van der Waals surface area contributed by atoms with Gasteiger partial charge < -0.3 is 10.1 Å². The molecule has 0 bridgehead atoms. The fourth-order valence-corrected chi connectivity index (χ4v) is 6.14. The van der Waals surface area contributed by atoms with E-state index in [0.29, 0.717) is 17.0 Å². The van der Waals surface area contributed by atoms with Crippen LogP contribution in [0.1, 0.15) is 80.2 Å². The number of anilines is 1. The van der Waals surface area contributed by atoms with Crippen LogP contribution in [0.5, 0.6) is 6.01 Å². The Hall–Kier alpha value is -3.25. The maximum Gasteiger partial charge on any atom is 0.422 e. The second-order valence-corrected chi connectivity index (χ2v) is 15.0. The summed E-state index contributed by atoms with van der Waals surface area (Å²) in [6.45, 7) is 4.73. The summed E-state index contributed by atoms with van der Waals surface area (Å²) in [5.74, 6) is -0.887. The van der Waals surface area contributed by atoms with E-state index in [1.54, 1.807) is 24.3 Å². The number of hydrogen-bond acceptors (Lipinski definition) is 8. The summed E-state index contributed by atoms with van der Waals surface area (Å²) >= 11 is 6.02. The predicted octanol–water partition coefficient (Wildman–Crippen LogP) is 6.97. The molecule has 1 fully saturated rings. The molecule has 0 amide bonds. The standard InChI is InChI=1S/C31H36ClF3N4O4S/c1-29(2,3)14-4-5-17-44(41,42)19-25(40)22-8-6-21(7-9-22)18-26-36-27(38-28(37-26)43-20-31(33,34)35)39-30(15-16-30)23-10-12-24(32)13-11-23/h6-13H,4-5,14-20H2,1-3H3,(H,36,37,38,39). The number of hydrogen-bond donors (Lipinski definition) is 1. The van der Waals surface area contributed by atoms with Gasteiger partial charge in [-0.05, 0) is 54.4 Å². The molecule has 0 atom stereocenters. The van der Waals surface area contributed by atoms with Gasteiger partial charge in [0.25, 0.3) is 0 Å². The second kappa shape index (κ2) is 13.4. The van der Waals surface area contributed by atoms with Crippen molar-refractivity contribution in [1.29, 1.82) is 0 Å². The number of ether oxygens (including phenoxy) is 1. The molecular formula is C31H36ClF3N4O4S. The number of benzene rings is 2. The van der Waals surface area contributed by atoms with Gasteiger partial charge in [0.2, 0.25) is 5.95 Å². The number of ketones is 1. The lowest BCUT2D eigenvalue weighted by Crippen LogP contribution is -2.23. The molecule has 3 aromatic rings. The summed E-state index contributed by atoms with van der Waals surface area (Å²) in [7, 11) is -3.55. The van der Waals surface area contributed by atoms with Crippen LogP contribution in [-0.2, 0) is 21.8 Å². The van der Waals surface area contributed by atoms with Crippen molar-refractivity contribution in [3.8, 4) is 6.01 Å². The van der Waals surface area contributed by atoms with Crippen LogP contribution < -0.4 is 10.1 Å². The van der Waals surface area contributed by atoms with Crippen LogP contribution >= 0.6 is 11.6 Å². The highest BCUT2D eigenvalue weighted by Crippen LogP contribution is 2.48. The van der Waals surface area contributed by atoms with E-state index in [1.165, 1.54) is 12.1 Å². The van der Waals surface area contributed by atoms with Crippen molar-refractivity contribution >= 4 is 33.2 Å². The average Bonchev–Trinajstić information content (AvgIpc) is 3.70. The Morgan fingerprint density at radius 3 is 2.23 bits per heavy atom. The predicted molar refractivity (Wildman–Crippen MR) is 163 cm³/mol. The van der Waals surface area contributed by atoms with Crippen molar-refractivity contribution in [3.63, 3.8) is 0 Å². The van der Waals surface area contributed by atoms with Gasteiger partial charge in [0, 0.05) is 17.0 Å². The first-order valence-electron chi connectivity index (χ1n) is 14.3. The van der Waals surface area contributed by atoms with E-state index in [4.69, 9.17) is 16.3 Å². The number of alkyl halides is 3. The van der Waals surface area contributed by atoms with Crippen LogP contribution in [0.2, 0.25) is 5.02 Å². The van der Waals surface area contributed by atoms with Crippen LogP contribution in [-0.4, -0.2) is 53.4 Å². The lowest BCUT2D eigenvalue weighted by molar-refractivity contribution is -0.154. The number of halogens is 4.